The van der Waals surface area contributed by atoms with Gasteiger partial charge in [0, 0.05) is 6.42 Å². The van der Waals surface area contributed by atoms with Gasteiger partial charge in [0.25, 0.3) is 0 Å². The normalized spacial score (nSPS) is 32.4. The Labute approximate surface area is 59.2 Å². The van der Waals surface area contributed by atoms with Crippen molar-refractivity contribution >= 4 is 5.97 Å². The van der Waals surface area contributed by atoms with Crippen molar-refractivity contribution in [2.45, 2.75) is 18.6 Å². The van der Waals surface area contributed by atoms with Gasteiger partial charge in [-0.05, 0) is 7.05 Å². The first-order valence-electron chi connectivity index (χ1n) is 3.26. The summed E-state index contributed by atoms with van der Waals surface area (Å²) in [6.07, 6.45) is 0.274. The lowest BCUT2D eigenvalue weighted by atomic mass is 10.2. The Morgan fingerprint density at radius 1 is 1.90 bits per heavy atom. The van der Waals surface area contributed by atoms with Crippen molar-refractivity contribution in [2.75, 3.05) is 13.7 Å². The third-order valence-electron chi connectivity index (χ3n) is 1.62. The molecule has 4 heteroatoms. The van der Waals surface area contributed by atoms with Crippen LogP contribution in [-0.4, -0.2) is 36.9 Å². The Morgan fingerprint density at radius 2 is 2.60 bits per heavy atom. The van der Waals surface area contributed by atoms with Gasteiger partial charge < -0.3 is 15.2 Å². The minimum absolute atomic E-state index is 0.0794. The highest BCUT2D eigenvalue weighted by Gasteiger charge is 2.32. The molecule has 1 aliphatic heterocycles. The van der Waals surface area contributed by atoms with Gasteiger partial charge in [0.15, 0.2) is 0 Å². The number of rotatable bonds is 2. The minimum Gasteiger partial charge on any atom is -0.459 e. The van der Waals surface area contributed by atoms with Crippen LogP contribution in [0.25, 0.3) is 0 Å². The Hall–Kier alpha value is -0.610. The number of ether oxygens (including phenoxy) is 1. The third kappa shape index (κ3) is 1.27. The molecule has 4 nitrogen and oxygen atoms in total. The van der Waals surface area contributed by atoms with Crippen molar-refractivity contribution in [2.24, 2.45) is 0 Å². The molecule has 2 atom stereocenters. The minimum atomic E-state index is -0.301. The molecule has 0 aromatic rings. The van der Waals surface area contributed by atoms with Crippen LogP contribution < -0.4 is 5.32 Å². The van der Waals surface area contributed by atoms with Crippen molar-refractivity contribution in [3.05, 3.63) is 0 Å². The molecule has 58 valence electrons. The lowest BCUT2D eigenvalue weighted by molar-refractivity contribution is -0.144. The highest BCUT2D eigenvalue weighted by Crippen LogP contribution is 2.13. The number of nitrogens with one attached hydrogen (secondary N) is 1. The molecule has 1 rings (SSSR count). The van der Waals surface area contributed by atoms with Crippen LogP contribution in [0.1, 0.15) is 6.42 Å². The number of aliphatic hydroxyl groups excluding tert-OH is 1. The van der Waals surface area contributed by atoms with E-state index < -0.39 is 0 Å². The van der Waals surface area contributed by atoms with Gasteiger partial charge in [0.2, 0.25) is 0 Å². The van der Waals surface area contributed by atoms with Crippen molar-refractivity contribution in [3.8, 4) is 0 Å². The number of carbonyl (C=O) groups excluding carboxylic acids is 1. The number of likely N-dealkylation sites (N-methyl/N-ethyl adjacent to an activating group) is 1. The van der Waals surface area contributed by atoms with Gasteiger partial charge in [-0.15, -0.1) is 0 Å². The molecular weight excluding hydrogens is 134 g/mol. The molecule has 0 radical (unpaired) electrons. The third-order valence-corrected chi connectivity index (χ3v) is 1.62. The number of hydrogen-bond acceptors (Lipinski definition) is 4. The molecule has 2 N–H and O–H groups in total. The van der Waals surface area contributed by atoms with E-state index in [0.717, 1.165) is 0 Å². The lowest BCUT2D eigenvalue weighted by Gasteiger charge is -2.01. The summed E-state index contributed by atoms with van der Waals surface area (Å²) in [6.45, 7) is -0.0794. The number of carbonyl (C=O) groups is 1. The molecule has 0 aliphatic carbocycles. The molecule has 0 spiro atoms. The summed E-state index contributed by atoms with van der Waals surface area (Å²) in [5, 5.41) is 11.4. The summed E-state index contributed by atoms with van der Waals surface area (Å²) < 4.78 is 4.76. The van der Waals surface area contributed by atoms with Gasteiger partial charge in [-0.1, -0.05) is 0 Å². The van der Waals surface area contributed by atoms with Crippen LogP contribution in [0.15, 0.2) is 0 Å². The average molecular weight is 145 g/mol. The number of esters is 1. The molecule has 1 unspecified atom stereocenters. The van der Waals surface area contributed by atoms with Gasteiger partial charge in [0.05, 0.1) is 6.61 Å². The Bertz CT molecular complexity index is 137. The maximum Gasteiger partial charge on any atom is 0.323 e. The molecule has 0 aromatic heterocycles. The molecule has 0 amide bonds. The second-order valence-corrected chi connectivity index (χ2v) is 2.32. The molecule has 0 bridgehead atoms. The maximum absolute atomic E-state index is 10.8. The van der Waals surface area contributed by atoms with Gasteiger partial charge >= 0.3 is 5.97 Å². The molecule has 10 heavy (non-hydrogen) atoms. The van der Waals surface area contributed by atoms with Crippen LogP contribution in [-0.2, 0) is 9.53 Å². The summed E-state index contributed by atoms with van der Waals surface area (Å²) in [4.78, 5) is 10.8. The van der Waals surface area contributed by atoms with Crippen LogP contribution in [0.4, 0.5) is 0 Å². The smallest absolute Gasteiger partial charge is 0.323 e. The van der Waals surface area contributed by atoms with Crippen LogP contribution in [0.2, 0.25) is 0 Å². The molecule has 1 saturated heterocycles. The first-order valence-corrected chi connectivity index (χ1v) is 3.26. The Balaban J connectivity index is 2.44. The van der Waals surface area contributed by atoms with Gasteiger partial charge in [-0.2, -0.15) is 0 Å². The molecule has 1 fully saturated rings. The summed E-state index contributed by atoms with van der Waals surface area (Å²) in [7, 11) is 1.70. The second-order valence-electron chi connectivity index (χ2n) is 2.32. The first kappa shape index (κ1) is 7.50. The zero-order valence-electron chi connectivity index (χ0n) is 5.83. The van der Waals surface area contributed by atoms with E-state index in [0.29, 0.717) is 6.42 Å². The van der Waals surface area contributed by atoms with Crippen LogP contribution in [0.5, 0.6) is 0 Å². The topological polar surface area (TPSA) is 58.6 Å². The molecule has 1 aliphatic rings. The quantitative estimate of drug-likeness (QED) is 0.483. The first-order chi connectivity index (χ1) is 4.77. The molecule has 0 saturated carbocycles. The summed E-state index contributed by atoms with van der Waals surface area (Å²) in [5.41, 5.74) is 0. The van der Waals surface area contributed by atoms with Crippen molar-refractivity contribution in [3.63, 3.8) is 0 Å². The van der Waals surface area contributed by atoms with Crippen molar-refractivity contribution in [1.82, 2.24) is 5.32 Å². The van der Waals surface area contributed by atoms with Crippen LogP contribution in [0.3, 0.4) is 0 Å². The van der Waals surface area contributed by atoms with E-state index in [-0.39, 0.29) is 24.7 Å². The molecular formula is C6H11NO3. The van der Waals surface area contributed by atoms with E-state index in [1.54, 1.807) is 7.05 Å². The van der Waals surface area contributed by atoms with E-state index in [2.05, 4.69) is 5.32 Å². The number of hydrogen-bond donors (Lipinski definition) is 2. The van der Waals surface area contributed by atoms with E-state index in [1.165, 1.54) is 0 Å². The fourth-order valence-corrected chi connectivity index (χ4v) is 1.00. The lowest BCUT2D eigenvalue weighted by Crippen LogP contribution is -2.29. The van der Waals surface area contributed by atoms with Crippen LogP contribution >= 0.6 is 0 Å². The fraction of sp³-hybridized carbons (Fsp3) is 0.833. The van der Waals surface area contributed by atoms with Gasteiger partial charge in [-0.3, -0.25) is 4.79 Å². The summed E-state index contributed by atoms with van der Waals surface area (Å²) in [6, 6.07) is -0.225. The predicted molar refractivity (Wildman–Crippen MR) is 34.4 cm³/mol. The monoisotopic (exact) mass is 145 g/mol. The van der Waals surface area contributed by atoms with E-state index in [4.69, 9.17) is 9.84 Å². The number of aliphatic hydroxyl groups is 1. The highest BCUT2D eigenvalue weighted by molar-refractivity contribution is 5.77. The Morgan fingerprint density at radius 3 is 2.90 bits per heavy atom. The van der Waals surface area contributed by atoms with Crippen molar-refractivity contribution in [1.29, 1.82) is 0 Å². The highest BCUT2D eigenvalue weighted by atomic mass is 16.6. The Kier molecular flexibility index (Phi) is 2.24. The van der Waals surface area contributed by atoms with Gasteiger partial charge in [-0.25, -0.2) is 0 Å². The SMILES string of the molecule is CN[C@@H]1CC(CO)OC1=O. The van der Waals surface area contributed by atoms with E-state index in [9.17, 15) is 4.79 Å². The number of cyclic esters (lactones) is 1. The average Bonchev–Trinajstić information content (AvgIpc) is 2.30. The fourth-order valence-electron chi connectivity index (χ4n) is 1.00. The largest absolute Gasteiger partial charge is 0.459 e. The van der Waals surface area contributed by atoms with Crippen LogP contribution in [0, 0.1) is 0 Å². The van der Waals surface area contributed by atoms with E-state index >= 15 is 0 Å². The molecule has 0 aromatic carbocycles. The zero-order valence-corrected chi connectivity index (χ0v) is 5.83. The standard InChI is InChI=1S/C6H11NO3/c1-7-5-2-4(3-8)10-6(5)9/h4-5,7-8H,2-3H2,1H3/t4?,5-/m1/s1. The predicted octanol–water partition coefficient (Wildman–Crippen LogP) is -1.12. The van der Waals surface area contributed by atoms with E-state index in [1.807, 2.05) is 0 Å². The summed E-state index contributed by atoms with van der Waals surface area (Å²) in [5.74, 6) is -0.262. The second kappa shape index (κ2) is 2.98. The van der Waals surface area contributed by atoms with Crippen molar-refractivity contribution < 1.29 is 14.6 Å². The maximum atomic E-state index is 10.8. The zero-order chi connectivity index (χ0) is 7.56. The van der Waals surface area contributed by atoms with Gasteiger partial charge in [0.1, 0.15) is 12.1 Å². The molecule has 1 heterocycles. The summed E-state index contributed by atoms with van der Waals surface area (Å²) >= 11 is 0.